The van der Waals surface area contributed by atoms with Gasteiger partial charge in [0.05, 0.1) is 0 Å². The molecular formula is C14H12OS. The first-order chi connectivity index (χ1) is 7.86. The summed E-state index contributed by atoms with van der Waals surface area (Å²) in [6, 6.07) is 12.4. The second-order valence-electron chi connectivity index (χ2n) is 4.04. The molecule has 2 aromatic carbocycles. The molecular weight excluding hydrogens is 216 g/mol. The van der Waals surface area contributed by atoms with Gasteiger partial charge in [0.15, 0.2) is 5.78 Å². The van der Waals surface area contributed by atoms with Crippen LogP contribution in [0.15, 0.2) is 36.4 Å². The minimum absolute atomic E-state index is 0.297. The van der Waals surface area contributed by atoms with Gasteiger partial charge in [-0.05, 0) is 16.3 Å². The Labute approximate surface area is 98.9 Å². The molecule has 2 heteroatoms. The van der Waals surface area contributed by atoms with Crippen LogP contribution in [0, 0.1) is 0 Å². The Morgan fingerprint density at radius 1 is 1.06 bits per heavy atom. The Kier molecular flexibility index (Phi) is 2.44. The number of carbonyl (C=O) groups excluding carboxylic acids is 1. The molecule has 0 fully saturated rings. The zero-order valence-electron chi connectivity index (χ0n) is 8.90. The third kappa shape index (κ3) is 1.54. The summed E-state index contributed by atoms with van der Waals surface area (Å²) in [5.41, 5.74) is 2.16. The van der Waals surface area contributed by atoms with Crippen molar-refractivity contribution >= 4 is 28.3 Å². The van der Waals surface area contributed by atoms with Gasteiger partial charge in [-0.2, -0.15) is 11.8 Å². The highest BCUT2D eigenvalue weighted by molar-refractivity contribution is 7.98. The Hall–Kier alpha value is -1.28. The normalized spacial score (nSPS) is 15.9. The van der Waals surface area contributed by atoms with E-state index in [1.54, 1.807) is 0 Å². The number of Topliss-reactive ketones (excluding diaryl/α,β-unsaturated/α-hetero) is 1. The molecule has 1 aliphatic heterocycles. The second kappa shape index (κ2) is 3.95. The summed E-state index contributed by atoms with van der Waals surface area (Å²) >= 11 is 1.86. The molecule has 0 radical (unpaired) electrons. The number of thioether (sulfide) groups is 1. The molecule has 1 nitrogen and oxygen atoms in total. The van der Waals surface area contributed by atoms with Crippen molar-refractivity contribution in [1.82, 2.24) is 0 Å². The predicted octanol–water partition coefficient (Wildman–Crippen LogP) is 3.66. The maximum atomic E-state index is 11.9. The Morgan fingerprint density at radius 3 is 2.88 bits per heavy atom. The van der Waals surface area contributed by atoms with E-state index in [9.17, 15) is 4.79 Å². The van der Waals surface area contributed by atoms with E-state index in [1.807, 2.05) is 30.0 Å². The van der Waals surface area contributed by atoms with Crippen LogP contribution in [0.1, 0.15) is 22.3 Å². The SMILES string of the molecule is O=C1CCSCc2c1ccc1ccccc21. The molecule has 0 aliphatic carbocycles. The molecule has 80 valence electrons. The summed E-state index contributed by atoms with van der Waals surface area (Å²) in [6.45, 7) is 0. The largest absolute Gasteiger partial charge is 0.294 e. The fraction of sp³-hybridized carbons (Fsp3) is 0.214. The third-order valence-electron chi connectivity index (χ3n) is 3.06. The smallest absolute Gasteiger partial charge is 0.164 e. The van der Waals surface area contributed by atoms with Crippen molar-refractivity contribution in [2.24, 2.45) is 0 Å². The number of carbonyl (C=O) groups is 1. The zero-order valence-corrected chi connectivity index (χ0v) is 9.72. The molecule has 16 heavy (non-hydrogen) atoms. The van der Waals surface area contributed by atoms with Gasteiger partial charge < -0.3 is 0 Å². The minimum Gasteiger partial charge on any atom is -0.294 e. The summed E-state index contributed by atoms with van der Waals surface area (Å²) in [5.74, 6) is 2.20. The molecule has 2 aromatic rings. The average molecular weight is 228 g/mol. The highest BCUT2D eigenvalue weighted by Crippen LogP contribution is 2.30. The van der Waals surface area contributed by atoms with Crippen LogP contribution in [0.4, 0.5) is 0 Å². The molecule has 0 N–H and O–H groups in total. The van der Waals surface area contributed by atoms with E-state index in [-0.39, 0.29) is 0 Å². The molecule has 0 unspecified atom stereocenters. The molecule has 0 bridgehead atoms. The van der Waals surface area contributed by atoms with Gasteiger partial charge in [0.1, 0.15) is 0 Å². The maximum Gasteiger partial charge on any atom is 0.164 e. The standard InChI is InChI=1S/C14H12OS/c15-14-7-8-16-9-13-11-4-2-1-3-10(11)5-6-12(13)14/h1-6H,7-9H2. The molecule has 0 amide bonds. The van der Waals surface area contributed by atoms with Crippen molar-refractivity contribution in [3.8, 4) is 0 Å². The van der Waals surface area contributed by atoms with Crippen molar-refractivity contribution in [1.29, 1.82) is 0 Å². The predicted molar refractivity (Wildman–Crippen MR) is 69.1 cm³/mol. The Bertz CT molecular complexity index is 560. The topological polar surface area (TPSA) is 17.1 Å². The van der Waals surface area contributed by atoms with E-state index in [0.29, 0.717) is 12.2 Å². The van der Waals surface area contributed by atoms with Crippen molar-refractivity contribution in [3.63, 3.8) is 0 Å². The lowest BCUT2D eigenvalue weighted by molar-refractivity contribution is 0.0989. The van der Waals surface area contributed by atoms with Crippen molar-refractivity contribution < 1.29 is 4.79 Å². The van der Waals surface area contributed by atoms with E-state index in [4.69, 9.17) is 0 Å². The van der Waals surface area contributed by atoms with Crippen LogP contribution >= 0.6 is 11.8 Å². The van der Waals surface area contributed by atoms with Gasteiger partial charge in [0.2, 0.25) is 0 Å². The van der Waals surface area contributed by atoms with Crippen molar-refractivity contribution in [3.05, 3.63) is 47.5 Å². The number of benzene rings is 2. The van der Waals surface area contributed by atoms with E-state index in [2.05, 4.69) is 18.2 Å². The van der Waals surface area contributed by atoms with Crippen LogP contribution in [0.2, 0.25) is 0 Å². The molecule has 0 saturated heterocycles. The molecule has 0 saturated carbocycles. The highest BCUT2D eigenvalue weighted by atomic mass is 32.2. The average Bonchev–Trinajstić information content (AvgIpc) is 2.52. The molecule has 1 aliphatic rings. The van der Waals surface area contributed by atoms with Crippen LogP contribution in [-0.4, -0.2) is 11.5 Å². The summed E-state index contributed by atoms with van der Waals surface area (Å²) in [5, 5.41) is 2.47. The third-order valence-corrected chi connectivity index (χ3v) is 4.05. The van der Waals surface area contributed by atoms with Gasteiger partial charge in [-0.25, -0.2) is 0 Å². The van der Waals surface area contributed by atoms with E-state index >= 15 is 0 Å². The summed E-state index contributed by atoms with van der Waals surface area (Å²) in [4.78, 5) is 11.9. The van der Waals surface area contributed by atoms with Crippen molar-refractivity contribution in [2.75, 3.05) is 5.75 Å². The number of hydrogen-bond donors (Lipinski definition) is 0. The lowest BCUT2D eigenvalue weighted by Gasteiger charge is -2.08. The first kappa shape index (κ1) is 9.91. The van der Waals surface area contributed by atoms with Gasteiger partial charge in [-0.1, -0.05) is 36.4 Å². The molecule has 0 aromatic heterocycles. The summed E-state index contributed by atoms with van der Waals surface area (Å²) < 4.78 is 0. The lowest BCUT2D eigenvalue weighted by Crippen LogP contribution is -2.01. The van der Waals surface area contributed by atoms with Gasteiger partial charge in [-0.15, -0.1) is 0 Å². The van der Waals surface area contributed by atoms with Gasteiger partial charge in [0, 0.05) is 23.5 Å². The van der Waals surface area contributed by atoms with Gasteiger partial charge in [-0.3, -0.25) is 4.79 Å². The van der Waals surface area contributed by atoms with Crippen LogP contribution in [0.3, 0.4) is 0 Å². The number of hydrogen-bond acceptors (Lipinski definition) is 2. The van der Waals surface area contributed by atoms with E-state index < -0.39 is 0 Å². The first-order valence-electron chi connectivity index (χ1n) is 5.48. The highest BCUT2D eigenvalue weighted by Gasteiger charge is 2.17. The summed E-state index contributed by atoms with van der Waals surface area (Å²) in [6.07, 6.45) is 0.677. The van der Waals surface area contributed by atoms with E-state index in [0.717, 1.165) is 17.1 Å². The lowest BCUT2D eigenvalue weighted by atomic mass is 9.97. The zero-order chi connectivity index (χ0) is 11.0. The van der Waals surface area contributed by atoms with Gasteiger partial charge in [0.25, 0.3) is 0 Å². The fourth-order valence-corrected chi connectivity index (χ4v) is 3.22. The van der Waals surface area contributed by atoms with Crippen LogP contribution in [0.25, 0.3) is 10.8 Å². The monoisotopic (exact) mass is 228 g/mol. The summed E-state index contributed by atoms with van der Waals surface area (Å²) in [7, 11) is 0. The van der Waals surface area contributed by atoms with Crippen LogP contribution < -0.4 is 0 Å². The minimum atomic E-state index is 0.297. The Balaban J connectivity index is 2.32. The van der Waals surface area contributed by atoms with Crippen LogP contribution in [0.5, 0.6) is 0 Å². The van der Waals surface area contributed by atoms with Crippen LogP contribution in [-0.2, 0) is 5.75 Å². The quantitative estimate of drug-likeness (QED) is 0.684. The number of fused-ring (bicyclic) bond motifs is 3. The molecule has 0 spiro atoms. The fourth-order valence-electron chi connectivity index (χ4n) is 2.23. The molecule has 0 atom stereocenters. The number of ketones is 1. The second-order valence-corrected chi connectivity index (χ2v) is 5.14. The Morgan fingerprint density at radius 2 is 1.94 bits per heavy atom. The number of rotatable bonds is 0. The van der Waals surface area contributed by atoms with Crippen molar-refractivity contribution in [2.45, 2.75) is 12.2 Å². The molecule has 1 heterocycles. The van der Waals surface area contributed by atoms with E-state index in [1.165, 1.54) is 16.3 Å². The molecule has 3 rings (SSSR count). The first-order valence-corrected chi connectivity index (χ1v) is 6.63. The maximum absolute atomic E-state index is 11.9. The van der Waals surface area contributed by atoms with Gasteiger partial charge >= 0.3 is 0 Å².